The predicted octanol–water partition coefficient (Wildman–Crippen LogP) is 5.05. The molecule has 0 spiro atoms. The van der Waals surface area contributed by atoms with E-state index in [1.54, 1.807) is 47.9 Å². The van der Waals surface area contributed by atoms with Crippen LogP contribution in [-0.2, 0) is 17.5 Å². The van der Waals surface area contributed by atoms with Crippen LogP contribution in [0.15, 0.2) is 48.5 Å². The molecule has 160 valence electrons. The Morgan fingerprint density at radius 3 is 2.53 bits per heavy atom. The predicted molar refractivity (Wildman–Crippen MR) is 108 cm³/mol. The Bertz CT molecular complexity index is 927. The SMILES string of the molecule is CCN(C(=O)c1cccc(CN2CCCC2=O)c1)C(C)c1cccc(C(F)(F)F)c1. The van der Waals surface area contributed by atoms with Gasteiger partial charge in [-0.1, -0.05) is 24.3 Å². The third kappa shape index (κ3) is 4.83. The van der Waals surface area contributed by atoms with Gasteiger partial charge in [0.05, 0.1) is 11.6 Å². The maximum Gasteiger partial charge on any atom is 0.416 e. The molecule has 0 aromatic heterocycles. The molecule has 0 radical (unpaired) electrons. The lowest BCUT2D eigenvalue weighted by atomic mass is 10.0. The Kier molecular flexibility index (Phi) is 6.48. The zero-order valence-electron chi connectivity index (χ0n) is 17.1. The van der Waals surface area contributed by atoms with Crippen molar-refractivity contribution in [2.45, 2.75) is 45.5 Å². The minimum Gasteiger partial charge on any atom is -0.338 e. The molecule has 1 unspecified atom stereocenters. The highest BCUT2D eigenvalue weighted by Crippen LogP contribution is 2.32. The first kappa shape index (κ1) is 21.9. The van der Waals surface area contributed by atoms with E-state index in [1.165, 1.54) is 6.07 Å². The van der Waals surface area contributed by atoms with Gasteiger partial charge < -0.3 is 9.80 Å². The smallest absolute Gasteiger partial charge is 0.338 e. The monoisotopic (exact) mass is 418 g/mol. The number of likely N-dealkylation sites (tertiary alicyclic amines) is 1. The normalized spacial score (nSPS) is 15.4. The second-order valence-corrected chi connectivity index (χ2v) is 7.51. The van der Waals surface area contributed by atoms with E-state index in [2.05, 4.69) is 0 Å². The molecule has 0 bridgehead atoms. The summed E-state index contributed by atoms with van der Waals surface area (Å²) in [7, 11) is 0. The summed E-state index contributed by atoms with van der Waals surface area (Å²) in [5.74, 6) is -0.142. The van der Waals surface area contributed by atoms with Crippen LogP contribution >= 0.6 is 0 Å². The second-order valence-electron chi connectivity index (χ2n) is 7.51. The van der Waals surface area contributed by atoms with Crippen LogP contribution in [-0.4, -0.2) is 34.7 Å². The van der Waals surface area contributed by atoms with Crippen LogP contribution in [0, 0.1) is 0 Å². The Hall–Kier alpha value is -2.83. The molecule has 7 heteroatoms. The average Bonchev–Trinajstić information content (AvgIpc) is 3.12. The van der Waals surface area contributed by atoms with Crippen molar-refractivity contribution in [3.8, 4) is 0 Å². The van der Waals surface area contributed by atoms with Gasteiger partial charge in [0.1, 0.15) is 0 Å². The Morgan fingerprint density at radius 1 is 1.17 bits per heavy atom. The summed E-state index contributed by atoms with van der Waals surface area (Å²) in [6, 6.07) is 11.7. The van der Waals surface area contributed by atoms with Crippen LogP contribution in [0.3, 0.4) is 0 Å². The molecule has 1 aliphatic heterocycles. The van der Waals surface area contributed by atoms with Crippen molar-refractivity contribution in [1.82, 2.24) is 9.80 Å². The quantitative estimate of drug-likeness (QED) is 0.659. The second kappa shape index (κ2) is 8.90. The van der Waals surface area contributed by atoms with Crippen LogP contribution in [0.1, 0.15) is 59.8 Å². The summed E-state index contributed by atoms with van der Waals surface area (Å²) >= 11 is 0. The van der Waals surface area contributed by atoms with E-state index in [-0.39, 0.29) is 11.8 Å². The highest BCUT2D eigenvalue weighted by molar-refractivity contribution is 5.94. The zero-order valence-corrected chi connectivity index (χ0v) is 17.1. The molecule has 30 heavy (non-hydrogen) atoms. The minimum absolute atomic E-state index is 0.111. The first-order valence-corrected chi connectivity index (χ1v) is 10.1. The third-order valence-corrected chi connectivity index (χ3v) is 5.48. The van der Waals surface area contributed by atoms with Gasteiger partial charge in [-0.25, -0.2) is 0 Å². The molecular formula is C23H25F3N2O2. The van der Waals surface area contributed by atoms with Gasteiger partial charge in [0, 0.05) is 31.6 Å². The first-order valence-electron chi connectivity index (χ1n) is 10.1. The number of rotatable bonds is 6. The third-order valence-electron chi connectivity index (χ3n) is 5.48. The minimum atomic E-state index is -4.43. The van der Waals surface area contributed by atoms with Crippen LogP contribution in [0.25, 0.3) is 0 Å². The molecule has 2 amide bonds. The van der Waals surface area contributed by atoms with Gasteiger partial charge in [-0.3, -0.25) is 9.59 Å². The van der Waals surface area contributed by atoms with Gasteiger partial charge in [-0.05, 0) is 55.7 Å². The molecule has 1 fully saturated rings. The van der Waals surface area contributed by atoms with E-state index in [0.717, 1.165) is 24.1 Å². The average molecular weight is 418 g/mol. The number of alkyl halides is 3. The summed E-state index contributed by atoms with van der Waals surface area (Å²) in [5.41, 5.74) is 1.02. The molecule has 1 atom stereocenters. The number of hydrogen-bond acceptors (Lipinski definition) is 2. The lowest BCUT2D eigenvalue weighted by Gasteiger charge is -2.29. The molecule has 0 saturated carbocycles. The van der Waals surface area contributed by atoms with Crippen molar-refractivity contribution in [1.29, 1.82) is 0 Å². The molecule has 0 aliphatic carbocycles. The van der Waals surface area contributed by atoms with Crippen molar-refractivity contribution < 1.29 is 22.8 Å². The molecule has 4 nitrogen and oxygen atoms in total. The lowest BCUT2D eigenvalue weighted by Crippen LogP contribution is -2.33. The molecular weight excluding hydrogens is 393 g/mol. The Balaban J connectivity index is 1.80. The summed E-state index contributed by atoms with van der Waals surface area (Å²) in [4.78, 5) is 28.3. The fraction of sp³-hybridized carbons (Fsp3) is 0.391. The largest absolute Gasteiger partial charge is 0.416 e. The molecule has 2 aromatic rings. The zero-order chi connectivity index (χ0) is 21.9. The van der Waals surface area contributed by atoms with E-state index >= 15 is 0 Å². The van der Waals surface area contributed by atoms with Crippen LogP contribution in [0.4, 0.5) is 13.2 Å². The van der Waals surface area contributed by atoms with Gasteiger partial charge >= 0.3 is 6.18 Å². The molecule has 0 N–H and O–H groups in total. The van der Waals surface area contributed by atoms with Crippen molar-refractivity contribution >= 4 is 11.8 Å². The van der Waals surface area contributed by atoms with Gasteiger partial charge in [-0.2, -0.15) is 13.2 Å². The van der Waals surface area contributed by atoms with E-state index < -0.39 is 17.8 Å². The van der Waals surface area contributed by atoms with E-state index in [4.69, 9.17) is 0 Å². The van der Waals surface area contributed by atoms with E-state index in [9.17, 15) is 22.8 Å². The van der Waals surface area contributed by atoms with Gasteiger partial charge in [-0.15, -0.1) is 0 Å². The molecule has 2 aromatic carbocycles. The molecule has 1 aliphatic rings. The number of carbonyl (C=O) groups excluding carboxylic acids is 2. The molecule has 1 heterocycles. The van der Waals surface area contributed by atoms with Crippen molar-refractivity contribution in [3.05, 3.63) is 70.8 Å². The summed E-state index contributed by atoms with van der Waals surface area (Å²) in [6.07, 6.45) is -3.04. The fourth-order valence-corrected chi connectivity index (χ4v) is 3.81. The van der Waals surface area contributed by atoms with E-state index in [0.29, 0.717) is 37.2 Å². The van der Waals surface area contributed by atoms with Crippen LogP contribution in [0.5, 0.6) is 0 Å². The maximum absolute atomic E-state index is 13.1. The maximum atomic E-state index is 13.1. The highest BCUT2D eigenvalue weighted by Gasteiger charge is 2.31. The van der Waals surface area contributed by atoms with Gasteiger partial charge in [0.2, 0.25) is 5.91 Å². The number of nitrogens with zero attached hydrogens (tertiary/aromatic N) is 2. The molecule has 3 rings (SSSR count). The number of hydrogen-bond donors (Lipinski definition) is 0. The number of amides is 2. The van der Waals surface area contributed by atoms with Crippen molar-refractivity contribution in [2.24, 2.45) is 0 Å². The summed E-state index contributed by atoms with van der Waals surface area (Å²) < 4.78 is 39.2. The van der Waals surface area contributed by atoms with E-state index in [1.807, 2.05) is 6.07 Å². The van der Waals surface area contributed by atoms with Crippen molar-refractivity contribution in [3.63, 3.8) is 0 Å². The summed E-state index contributed by atoms with van der Waals surface area (Å²) in [5, 5.41) is 0. The van der Waals surface area contributed by atoms with Gasteiger partial charge in [0.15, 0.2) is 0 Å². The first-order chi connectivity index (χ1) is 14.2. The standard InChI is InChI=1S/C23H25F3N2O2/c1-3-28(16(2)18-8-5-10-20(14-18)23(24,25)26)22(30)19-9-4-7-17(13-19)15-27-12-6-11-21(27)29/h4-5,7-10,13-14,16H,3,6,11-12,15H2,1-2H3. The number of carbonyl (C=O) groups is 2. The fourth-order valence-electron chi connectivity index (χ4n) is 3.81. The van der Waals surface area contributed by atoms with Gasteiger partial charge in [0.25, 0.3) is 5.91 Å². The topological polar surface area (TPSA) is 40.6 Å². The number of benzene rings is 2. The lowest BCUT2D eigenvalue weighted by molar-refractivity contribution is -0.137. The Labute approximate surface area is 174 Å². The van der Waals surface area contributed by atoms with Crippen LogP contribution < -0.4 is 0 Å². The highest BCUT2D eigenvalue weighted by atomic mass is 19.4. The molecule has 1 saturated heterocycles. The van der Waals surface area contributed by atoms with Crippen molar-refractivity contribution in [2.75, 3.05) is 13.1 Å². The van der Waals surface area contributed by atoms with Crippen LogP contribution in [0.2, 0.25) is 0 Å². The number of halogens is 3. The Morgan fingerprint density at radius 2 is 1.90 bits per heavy atom. The summed E-state index contributed by atoms with van der Waals surface area (Å²) in [6.45, 7) is 5.05.